The van der Waals surface area contributed by atoms with Crippen LogP contribution in [0, 0.1) is 11.7 Å². The third-order valence-corrected chi connectivity index (χ3v) is 8.93. The fraction of sp³-hybridized carbons (Fsp3) is 0.409. The van der Waals surface area contributed by atoms with Crippen LogP contribution >= 0.6 is 22.9 Å². The van der Waals surface area contributed by atoms with Crippen molar-refractivity contribution in [3.8, 4) is 0 Å². The normalized spacial score (nSPS) is 19.9. The van der Waals surface area contributed by atoms with Crippen molar-refractivity contribution in [1.29, 1.82) is 0 Å². The van der Waals surface area contributed by atoms with Crippen LogP contribution in [0.25, 0.3) is 0 Å². The summed E-state index contributed by atoms with van der Waals surface area (Å²) in [5, 5.41) is 5.38. The Morgan fingerprint density at radius 3 is 2.57 bits per heavy atom. The number of benzene rings is 1. The van der Waals surface area contributed by atoms with Gasteiger partial charge in [-0.1, -0.05) is 17.7 Å². The van der Waals surface area contributed by atoms with Crippen LogP contribution in [-0.4, -0.2) is 61.6 Å². The summed E-state index contributed by atoms with van der Waals surface area (Å²) in [6.07, 6.45) is -3.03. The summed E-state index contributed by atoms with van der Waals surface area (Å²) in [5.41, 5.74) is 0.805. The molecule has 1 aromatic heterocycles. The number of hydrogen-bond acceptors (Lipinski definition) is 8. The highest BCUT2D eigenvalue weighted by Crippen LogP contribution is 2.40. The first-order valence-corrected chi connectivity index (χ1v) is 13.8. The second kappa shape index (κ2) is 10.7. The topological polar surface area (TPSA) is 101 Å². The monoisotopic (exact) mass is 580 g/mol. The molecule has 2 aliphatic heterocycles. The first-order valence-electron chi connectivity index (χ1n) is 11.0. The maximum atomic E-state index is 13.8. The molecule has 0 spiro atoms. The summed E-state index contributed by atoms with van der Waals surface area (Å²) in [6, 6.07) is 2.68. The molecule has 0 bridgehead atoms. The third-order valence-electron chi connectivity index (χ3n) is 5.97. The number of alkyl halides is 3. The summed E-state index contributed by atoms with van der Waals surface area (Å²) < 4.78 is 82.4. The molecule has 4 rings (SSSR count). The SMILES string of the molecule is COC(=O)C1=C(C2CCN(S(=O)(=O)CC(F)(F)F)CC2)NC(c2nccs2)=NC1c1ccc(F)cc1Cl. The molecule has 0 radical (unpaired) electrons. The molecule has 0 saturated carbocycles. The lowest BCUT2D eigenvalue weighted by Crippen LogP contribution is -2.45. The predicted molar refractivity (Wildman–Crippen MR) is 129 cm³/mol. The molecule has 8 nitrogen and oxygen atoms in total. The van der Waals surface area contributed by atoms with Crippen molar-refractivity contribution in [1.82, 2.24) is 14.6 Å². The Kier molecular flexibility index (Phi) is 7.93. The van der Waals surface area contributed by atoms with Gasteiger partial charge in [-0.25, -0.2) is 26.9 Å². The summed E-state index contributed by atoms with van der Waals surface area (Å²) in [5.74, 6) is -3.39. The number of carbonyl (C=O) groups is 1. The Balaban J connectivity index is 1.73. The number of thiazole rings is 1. The first-order chi connectivity index (χ1) is 17.4. The van der Waals surface area contributed by atoms with Crippen molar-refractivity contribution in [2.75, 3.05) is 26.0 Å². The number of allylic oxidation sites excluding steroid dienone is 1. The first kappa shape index (κ1) is 27.5. The Hall–Kier alpha value is -2.55. The number of methoxy groups -OCH3 is 1. The number of aliphatic imine (C=N–C) groups is 1. The number of hydrogen-bond donors (Lipinski definition) is 1. The largest absolute Gasteiger partial charge is 0.466 e. The van der Waals surface area contributed by atoms with Crippen LogP contribution in [-0.2, 0) is 19.6 Å². The maximum absolute atomic E-state index is 13.8. The number of nitrogens with zero attached hydrogens (tertiary/aromatic N) is 3. The Labute approximate surface area is 219 Å². The van der Waals surface area contributed by atoms with E-state index in [-0.39, 0.29) is 36.5 Å². The van der Waals surface area contributed by atoms with Gasteiger partial charge in [0.2, 0.25) is 10.0 Å². The molecule has 200 valence electrons. The number of nitrogens with one attached hydrogen (secondary N) is 1. The number of piperidine rings is 1. The summed E-state index contributed by atoms with van der Waals surface area (Å²) in [6.45, 7) is -0.344. The maximum Gasteiger partial charge on any atom is 0.404 e. The van der Waals surface area contributed by atoms with Gasteiger partial charge in [-0.05, 0) is 25.0 Å². The molecule has 15 heteroatoms. The van der Waals surface area contributed by atoms with Gasteiger partial charge < -0.3 is 10.1 Å². The highest BCUT2D eigenvalue weighted by Gasteiger charge is 2.42. The molecular formula is C22H21ClF4N4O4S2. The van der Waals surface area contributed by atoms with Gasteiger partial charge in [-0.3, -0.25) is 4.99 Å². The molecular weight excluding hydrogens is 560 g/mol. The molecule has 0 amide bonds. The number of ether oxygens (including phenoxy) is 1. The van der Waals surface area contributed by atoms with E-state index in [2.05, 4.69) is 15.3 Å². The number of halogens is 5. The second-order valence-corrected chi connectivity index (χ2v) is 11.6. The fourth-order valence-corrected chi connectivity index (χ4v) is 6.56. The Bertz CT molecular complexity index is 1340. The fourth-order valence-electron chi connectivity index (χ4n) is 4.34. The van der Waals surface area contributed by atoms with Crippen LogP contribution in [0.5, 0.6) is 0 Å². The lowest BCUT2D eigenvalue weighted by molar-refractivity contribution is -0.136. The van der Waals surface area contributed by atoms with E-state index in [0.29, 0.717) is 22.1 Å². The van der Waals surface area contributed by atoms with Crippen LogP contribution in [0.1, 0.15) is 29.5 Å². The van der Waals surface area contributed by atoms with Crippen LogP contribution in [0.2, 0.25) is 5.02 Å². The highest BCUT2D eigenvalue weighted by molar-refractivity contribution is 7.89. The van der Waals surface area contributed by atoms with Crippen molar-refractivity contribution in [3.05, 3.63) is 62.5 Å². The van der Waals surface area contributed by atoms with Crippen LogP contribution in [0.3, 0.4) is 0 Å². The molecule has 1 N–H and O–H groups in total. The summed E-state index contributed by atoms with van der Waals surface area (Å²) in [7, 11) is -3.36. The Morgan fingerprint density at radius 1 is 1.30 bits per heavy atom. The smallest absolute Gasteiger partial charge is 0.404 e. The zero-order valence-corrected chi connectivity index (χ0v) is 21.6. The van der Waals surface area contributed by atoms with E-state index in [0.717, 1.165) is 10.4 Å². The van der Waals surface area contributed by atoms with E-state index in [1.54, 1.807) is 11.6 Å². The standard InChI is InChI=1S/C22H21ClF4N4O4S2/c1-35-21(32)16-17(12-4-7-31(8-5-12)37(33,34)11-22(25,26)27)29-19(20-28-6-9-36-20)30-18(16)14-3-2-13(24)10-15(14)23/h2-3,6,9-10,12,18H,4-5,7-8,11H2,1H3,(H,29,30). The van der Waals surface area contributed by atoms with Gasteiger partial charge in [0.05, 0.1) is 12.7 Å². The van der Waals surface area contributed by atoms with Crippen molar-refractivity contribution >= 4 is 44.8 Å². The number of sulfonamides is 1. The van der Waals surface area contributed by atoms with Gasteiger partial charge >= 0.3 is 12.1 Å². The van der Waals surface area contributed by atoms with Crippen LogP contribution in [0.15, 0.2) is 46.0 Å². The van der Waals surface area contributed by atoms with Crippen LogP contribution in [0.4, 0.5) is 17.6 Å². The molecule has 0 aliphatic carbocycles. The van der Waals surface area contributed by atoms with Gasteiger partial charge in [-0.2, -0.15) is 13.2 Å². The summed E-state index contributed by atoms with van der Waals surface area (Å²) in [4.78, 5) is 21.9. The van der Waals surface area contributed by atoms with Crippen molar-refractivity contribution in [2.45, 2.75) is 25.1 Å². The minimum absolute atomic E-state index is 0.0305. The van der Waals surface area contributed by atoms with E-state index in [9.17, 15) is 30.8 Å². The third kappa shape index (κ3) is 6.13. The zero-order chi connectivity index (χ0) is 27.0. The second-order valence-electron chi connectivity index (χ2n) is 8.37. The van der Waals surface area contributed by atoms with Gasteiger partial charge in [0.15, 0.2) is 16.6 Å². The average molecular weight is 581 g/mol. The number of carbonyl (C=O) groups excluding carboxylic acids is 1. The minimum Gasteiger partial charge on any atom is -0.466 e. The predicted octanol–water partition coefficient (Wildman–Crippen LogP) is 4.06. The molecule has 1 atom stereocenters. The molecule has 1 unspecified atom stereocenters. The van der Waals surface area contributed by atoms with E-state index in [1.807, 2.05) is 0 Å². The molecule has 2 aromatic rings. The van der Waals surface area contributed by atoms with Crippen molar-refractivity contribution in [3.63, 3.8) is 0 Å². The van der Waals surface area contributed by atoms with Gasteiger partial charge in [0.1, 0.15) is 11.9 Å². The Morgan fingerprint density at radius 2 is 2.00 bits per heavy atom. The lowest BCUT2D eigenvalue weighted by atomic mass is 9.86. The zero-order valence-electron chi connectivity index (χ0n) is 19.3. The molecule has 3 heterocycles. The van der Waals surface area contributed by atoms with E-state index in [4.69, 9.17) is 16.3 Å². The molecule has 1 saturated heterocycles. The van der Waals surface area contributed by atoms with Crippen molar-refractivity contribution < 1.29 is 35.5 Å². The number of esters is 1. The number of rotatable bonds is 6. The lowest BCUT2D eigenvalue weighted by Gasteiger charge is -2.36. The number of amidine groups is 1. The molecule has 1 fully saturated rings. The average Bonchev–Trinajstić information content (AvgIpc) is 3.36. The van der Waals surface area contributed by atoms with Gasteiger partial charge in [0, 0.05) is 46.9 Å². The molecule has 37 heavy (non-hydrogen) atoms. The van der Waals surface area contributed by atoms with Crippen LogP contribution < -0.4 is 5.32 Å². The summed E-state index contributed by atoms with van der Waals surface area (Å²) >= 11 is 7.60. The van der Waals surface area contributed by atoms with E-state index < -0.39 is 45.7 Å². The number of aromatic nitrogens is 1. The molecule has 1 aromatic carbocycles. The minimum atomic E-state index is -4.86. The quantitative estimate of drug-likeness (QED) is 0.409. The van der Waals surface area contributed by atoms with Gasteiger partial charge in [-0.15, -0.1) is 11.3 Å². The van der Waals surface area contributed by atoms with E-state index >= 15 is 0 Å². The van der Waals surface area contributed by atoms with Gasteiger partial charge in [0.25, 0.3) is 0 Å². The van der Waals surface area contributed by atoms with E-state index in [1.165, 1.54) is 30.6 Å². The van der Waals surface area contributed by atoms with Crippen molar-refractivity contribution in [2.24, 2.45) is 10.9 Å². The molecule has 2 aliphatic rings. The highest BCUT2D eigenvalue weighted by atomic mass is 35.5.